The molecule has 0 spiro atoms. The van der Waals surface area contributed by atoms with Crippen LogP contribution in [0.3, 0.4) is 0 Å². The van der Waals surface area contributed by atoms with Crippen molar-refractivity contribution in [3.63, 3.8) is 0 Å². The van der Waals surface area contributed by atoms with Crippen LogP contribution in [0.15, 0.2) is 35.5 Å². The molecule has 1 saturated heterocycles. The predicted octanol–water partition coefficient (Wildman–Crippen LogP) is 1.93. The summed E-state index contributed by atoms with van der Waals surface area (Å²) in [5, 5.41) is 3.52. The summed E-state index contributed by atoms with van der Waals surface area (Å²) in [7, 11) is -1.65. The SMILES string of the molecule is CO[C@@H]1C[C@H]2CN(c3nc(C)ncc3S(C)(=O)=O)C[C@H]2C[C@H]1Nc1ccccn1. The van der Waals surface area contributed by atoms with Gasteiger partial charge in [0.05, 0.1) is 18.3 Å². The lowest BCUT2D eigenvalue weighted by Crippen LogP contribution is -2.44. The molecule has 4 atom stereocenters. The van der Waals surface area contributed by atoms with Gasteiger partial charge in [0.2, 0.25) is 0 Å². The van der Waals surface area contributed by atoms with Gasteiger partial charge in [0.1, 0.15) is 16.5 Å². The van der Waals surface area contributed by atoms with Gasteiger partial charge in [-0.05, 0) is 43.7 Å². The van der Waals surface area contributed by atoms with E-state index in [9.17, 15) is 8.42 Å². The fourth-order valence-corrected chi connectivity index (χ4v) is 5.32. The monoisotopic (exact) mass is 417 g/mol. The van der Waals surface area contributed by atoms with Crippen molar-refractivity contribution in [1.82, 2.24) is 15.0 Å². The van der Waals surface area contributed by atoms with E-state index in [0.717, 1.165) is 31.7 Å². The number of rotatable bonds is 5. The summed E-state index contributed by atoms with van der Waals surface area (Å²) in [5.74, 6) is 2.82. The van der Waals surface area contributed by atoms with Crippen molar-refractivity contribution >= 4 is 21.5 Å². The number of hydrogen-bond acceptors (Lipinski definition) is 8. The molecular weight excluding hydrogens is 390 g/mol. The fourth-order valence-electron chi connectivity index (χ4n) is 4.57. The van der Waals surface area contributed by atoms with Crippen LogP contribution in [0.25, 0.3) is 0 Å². The summed E-state index contributed by atoms with van der Waals surface area (Å²) < 4.78 is 30.3. The van der Waals surface area contributed by atoms with Crippen LogP contribution in [0.2, 0.25) is 0 Å². The van der Waals surface area contributed by atoms with Crippen molar-refractivity contribution in [2.75, 3.05) is 36.7 Å². The second-order valence-electron chi connectivity index (χ2n) is 8.01. The highest BCUT2D eigenvalue weighted by molar-refractivity contribution is 7.90. The standard InChI is InChI=1S/C20H27N5O3S/c1-13-22-10-18(29(3,26)27)20(23-13)25-11-14-8-16(17(28-2)9-15(14)12-25)24-19-6-4-5-7-21-19/h4-7,10,14-17H,8-9,11-12H2,1-3H3,(H,21,24)/t14-,15+,16-,17-/m1/s1. The maximum atomic E-state index is 12.2. The Kier molecular flexibility index (Phi) is 5.44. The molecule has 1 saturated carbocycles. The highest BCUT2D eigenvalue weighted by atomic mass is 32.2. The smallest absolute Gasteiger partial charge is 0.180 e. The number of ether oxygens (including phenoxy) is 1. The first-order chi connectivity index (χ1) is 13.8. The van der Waals surface area contributed by atoms with Crippen LogP contribution in [0, 0.1) is 18.8 Å². The molecule has 1 N–H and O–H groups in total. The summed E-state index contributed by atoms with van der Waals surface area (Å²) in [6.07, 6.45) is 6.35. The first kappa shape index (κ1) is 20.0. The minimum atomic E-state index is -3.40. The number of hydrogen-bond donors (Lipinski definition) is 1. The lowest BCUT2D eigenvalue weighted by atomic mass is 9.77. The molecule has 0 unspecified atom stereocenters. The van der Waals surface area contributed by atoms with Crippen molar-refractivity contribution in [3.8, 4) is 0 Å². The molecule has 0 radical (unpaired) electrons. The van der Waals surface area contributed by atoms with Gasteiger partial charge < -0.3 is 15.0 Å². The van der Waals surface area contributed by atoms with E-state index in [2.05, 4.69) is 25.2 Å². The molecule has 2 aromatic rings. The number of methoxy groups -OCH3 is 1. The Morgan fingerprint density at radius 2 is 1.93 bits per heavy atom. The molecule has 2 fully saturated rings. The summed E-state index contributed by atoms with van der Waals surface area (Å²) in [4.78, 5) is 15.3. The zero-order valence-electron chi connectivity index (χ0n) is 16.9. The van der Waals surface area contributed by atoms with E-state index in [1.807, 2.05) is 18.2 Å². The summed E-state index contributed by atoms with van der Waals surface area (Å²) in [5.41, 5.74) is 0. The molecule has 156 valence electrons. The normalized spacial score (nSPS) is 26.9. The molecule has 3 heterocycles. The summed E-state index contributed by atoms with van der Waals surface area (Å²) >= 11 is 0. The molecule has 1 aliphatic heterocycles. The zero-order valence-corrected chi connectivity index (χ0v) is 17.8. The van der Waals surface area contributed by atoms with Gasteiger partial charge in [0.15, 0.2) is 15.7 Å². The van der Waals surface area contributed by atoms with E-state index in [-0.39, 0.29) is 17.0 Å². The molecule has 29 heavy (non-hydrogen) atoms. The van der Waals surface area contributed by atoms with Crippen molar-refractivity contribution in [2.24, 2.45) is 11.8 Å². The molecule has 1 aliphatic carbocycles. The van der Waals surface area contributed by atoms with Gasteiger partial charge in [0, 0.05) is 32.7 Å². The number of nitrogens with zero attached hydrogens (tertiary/aromatic N) is 4. The van der Waals surface area contributed by atoms with Crippen LogP contribution < -0.4 is 10.2 Å². The highest BCUT2D eigenvalue weighted by Gasteiger charge is 2.43. The van der Waals surface area contributed by atoms with Gasteiger partial charge in [-0.15, -0.1) is 0 Å². The van der Waals surface area contributed by atoms with Crippen LogP contribution in [-0.2, 0) is 14.6 Å². The van der Waals surface area contributed by atoms with E-state index in [1.54, 1.807) is 20.2 Å². The van der Waals surface area contributed by atoms with E-state index in [0.29, 0.717) is 23.5 Å². The molecule has 0 amide bonds. The molecule has 2 aliphatic rings. The molecule has 9 heteroatoms. The quantitative estimate of drug-likeness (QED) is 0.788. The lowest BCUT2D eigenvalue weighted by Gasteiger charge is -2.37. The molecular formula is C20H27N5O3S. The molecule has 0 bridgehead atoms. The number of anilines is 2. The second-order valence-corrected chi connectivity index (χ2v) is 10.00. The molecule has 8 nitrogen and oxygen atoms in total. The largest absolute Gasteiger partial charge is 0.379 e. The Balaban J connectivity index is 1.55. The Morgan fingerprint density at radius 3 is 2.59 bits per heavy atom. The van der Waals surface area contributed by atoms with Gasteiger partial charge in [-0.1, -0.05) is 6.07 Å². The van der Waals surface area contributed by atoms with E-state index in [4.69, 9.17) is 4.74 Å². The van der Waals surface area contributed by atoms with Gasteiger partial charge in [0.25, 0.3) is 0 Å². The summed E-state index contributed by atoms with van der Waals surface area (Å²) in [6.45, 7) is 3.34. The number of nitrogens with one attached hydrogen (secondary N) is 1. The maximum absolute atomic E-state index is 12.2. The first-order valence-electron chi connectivity index (χ1n) is 9.84. The third-order valence-corrected chi connectivity index (χ3v) is 7.06. The van der Waals surface area contributed by atoms with Gasteiger partial charge in [-0.2, -0.15) is 0 Å². The molecule has 4 rings (SSSR count). The van der Waals surface area contributed by atoms with Crippen molar-refractivity contribution in [1.29, 1.82) is 0 Å². The Morgan fingerprint density at radius 1 is 1.17 bits per heavy atom. The van der Waals surface area contributed by atoms with Crippen LogP contribution in [0.5, 0.6) is 0 Å². The van der Waals surface area contributed by atoms with Crippen molar-refractivity contribution < 1.29 is 13.2 Å². The Bertz CT molecular complexity index is 969. The lowest BCUT2D eigenvalue weighted by molar-refractivity contribution is 0.0305. The fraction of sp³-hybridized carbons (Fsp3) is 0.550. The third kappa shape index (κ3) is 4.20. The molecule has 0 aromatic carbocycles. The van der Waals surface area contributed by atoms with Gasteiger partial charge in [-0.3, -0.25) is 0 Å². The average molecular weight is 418 g/mol. The first-order valence-corrected chi connectivity index (χ1v) is 11.7. The minimum absolute atomic E-state index is 0.0831. The minimum Gasteiger partial charge on any atom is -0.379 e. The number of aryl methyl sites for hydroxylation is 1. The van der Waals surface area contributed by atoms with Crippen LogP contribution in [0.4, 0.5) is 11.6 Å². The number of sulfone groups is 1. The Labute approximate surface area is 171 Å². The van der Waals surface area contributed by atoms with Crippen LogP contribution in [0.1, 0.15) is 18.7 Å². The summed E-state index contributed by atoms with van der Waals surface area (Å²) in [6, 6.07) is 5.98. The topological polar surface area (TPSA) is 97.3 Å². The molecule has 2 aromatic heterocycles. The maximum Gasteiger partial charge on any atom is 0.180 e. The Hall–Kier alpha value is -2.26. The van der Waals surface area contributed by atoms with E-state index < -0.39 is 9.84 Å². The zero-order chi connectivity index (χ0) is 20.6. The number of pyridine rings is 1. The third-order valence-electron chi connectivity index (χ3n) is 5.97. The highest BCUT2D eigenvalue weighted by Crippen LogP contribution is 2.40. The number of aromatic nitrogens is 3. The van der Waals surface area contributed by atoms with Gasteiger partial charge >= 0.3 is 0 Å². The van der Waals surface area contributed by atoms with Crippen molar-refractivity contribution in [3.05, 3.63) is 36.4 Å². The second kappa shape index (κ2) is 7.87. The number of fused-ring (bicyclic) bond motifs is 1. The predicted molar refractivity (Wildman–Crippen MR) is 111 cm³/mol. The average Bonchev–Trinajstić information content (AvgIpc) is 3.10. The van der Waals surface area contributed by atoms with Crippen LogP contribution >= 0.6 is 0 Å². The van der Waals surface area contributed by atoms with E-state index in [1.165, 1.54) is 12.5 Å². The van der Waals surface area contributed by atoms with Crippen LogP contribution in [-0.4, -0.2) is 62.0 Å². The van der Waals surface area contributed by atoms with E-state index >= 15 is 0 Å². The van der Waals surface area contributed by atoms with Crippen molar-refractivity contribution in [2.45, 2.75) is 36.8 Å². The van der Waals surface area contributed by atoms with Gasteiger partial charge in [-0.25, -0.2) is 23.4 Å².